The maximum Gasteiger partial charge on any atom is 0.158 e. The van der Waals surface area contributed by atoms with Crippen molar-refractivity contribution in [1.82, 2.24) is 14.4 Å². The Morgan fingerprint density at radius 2 is 2.00 bits per heavy atom. The maximum absolute atomic E-state index is 4.45. The van der Waals surface area contributed by atoms with E-state index in [9.17, 15) is 0 Å². The number of imidazole rings is 1. The summed E-state index contributed by atoms with van der Waals surface area (Å²) in [7, 11) is 0. The van der Waals surface area contributed by atoms with Crippen molar-refractivity contribution in [3.05, 3.63) is 29.5 Å². The second kappa shape index (κ2) is 2.83. The Kier molecular flexibility index (Phi) is 1.79. The van der Waals surface area contributed by atoms with Crippen molar-refractivity contribution in [2.45, 2.75) is 27.2 Å². The number of hydrogen-bond donors (Lipinski definition) is 0. The van der Waals surface area contributed by atoms with Crippen LogP contribution in [0.1, 0.15) is 24.0 Å². The Morgan fingerprint density at radius 1 is 1.23 bits per heavy atom. The van der Waals surface area contributed by atoms with Crippen LogP contribution in [-0.2, 0) is 6.42 Å². The predicted molar refractivity (Wildman–Crippen MR) is 51.8 cm³/mol. The molecule has 2 aromatic rings. The molecule has 0 radical (unpaired) electrons. The molecule has 68 valence electrons. The average molecular weight is 175 g/mol. The summed E-state index contributed by atoms with van der Waals surface area (Å²) < 4.78 is 2.05. The molecule has 0 saturated heterocycles. The largest absolute Gasteiger partial charge is 0.303 e. The molecule has 3 heteroatoms. The molecule has 0 fully saturated rings. The lowest BCUT2D eigenvalue weighted by Gasteiger charge is -2.00. The second-order valence-electron chi connectivity index (χ2n) is 3.28. The minimum atomic E-state index is 0.966. The van der Waals surface area contributed by atoms with Gasteiger partial charge >= 0.3 is 0 Å². The van der Waals surface area contributed by atoms with Crippen LogP contribution in [0.4, 0.5) is 0 Å². The van der Waals surface area contributed by atoms with Crippen molar-refractivity contribution in [1.29, 1.82) is 0 Å². The molecule has 0 saturated carbocycles. The van der Waals surface area contributed by atoms with E-state index in [1.165, 1.54) is 0 Å². The SMILES string of the molecule is CCc1cn2cc(C)nc2c(C)n1. The van der Waals surface area contributed by atoms with Crippen LogP contribution in [0.5, 0.6) is 0 Å². The first-order valence-electron chi connectivity index (χ1n) is 4.52. The van der Waals surface area contributed by atoms with Gasteiger partial charge in [-0.3, -0.25) is 4.98 Å². The molecule has 2 rings (SSSR count). The summed E-state index contributed by atoms with van der Waals surface area (Å²) in [6, 6.07) is 0. The number of hydrogen-bond acceptors (Lipinski definition) is 2. The molecular weight excluding hydrogens is 162 g/mol. The molecule has 0 atom stereocenters. The molecular formula is C10H13N3. The van der Waals surface area contributed by atoms with E-state index in [2.05, 4.69) is 21.3 Å². The summed E-state index contributed by atoms with van der Waals surface area (Å²) in [6.45, 7) is 6.11. The first kappa shape index (κ1) is 8.23. The van der Waals surface area contributed by atoms with Gasteiger partial charge in [0, 0.05) is 12.4 Å². The van der Waals surface area contributed by atoms with Crippen molar-refractivity contribution in [2.75, 3.05) is 0 Å². The smallest absolute Gasteiger partial charge is 0.158 e. The van der Waals surface area contributed by atoms with Gasteiger partial charge in [0.05, 0.1) is 17.1 Å². The van der Waals surface area contributed by atoms with Crippen LogP contribution in [-0.4, -0.2) is 14.4 Å². The van der Waals surface area contributed by atoms with Crippen molar-refractivity contribution in [3.63, 3.8) is 0 Å². The minimum Gasteiger partial charge on any atom is -0.303 e. The highest BCUT2D eigenvalue weighted by Gasteiger charge is 2.03. The molecule has 0 aliphatic heterocycles. The highest BCUT2D eigenvalue weighted by Crippen LogP contribution is 2.09. The van der Waals surface area contributed by atoms with Crippen LogP contribution in [0, 0.1) is 13.8 Å². The van der Waals surface area contributed by atoms with Gasteiger partial charge in [-0.05, 0) is 20.3 Å². The molecule has 0 spiro atoms. The third kappa shape index (κ3) is 1.30. The van der Waals surface area contributed by atoms with Crippen LogP contribution in [0.2, 0.25) is 0 Å². The van der Waals surface area contributed by atoms with Crippen molar-refractivity contribution < 1.29 is 0 Å². The summed E-state index contributed by atoms with van der Waals surface area (Å²) in [5.41, 5.74) is 4.13. The summed E-state index contributed by atoms with van der Waals surface area (Å²) >= 11 is 0. The monoisotopic (exact) mass is 175 g/mol. The van der Waals surface area contributed by atoms with E-state index < -0.39 is 0 Å². The van der Waals surface area contributed by atoms with Crippen molar-refractivity contribution in [3.8, 4) is 0 Å². The highest BCUT2D eigenvalue weighted by molar-refractivity contribution is 5.44. The number of aryl methyl sites for hydroxylation is 3. The third-order valence-electron chi connectivity index (χ3n) is 2.14. The Balaban J connectivity index is 2.75. The summed E-state index contributed by atoms with van der Waals surface area (Å²) in [5.74, 6) is 0. The van der Waals surface area contributed by atoms with E-state index in [0.717, 1.165) is 29.1 Å². The molecule has 2 heterocycles. The number of nitrogens with zero attached hydrogens (tertiary/aromatic N) is 3. The van der Waals surface area contributed by atoms with Gasteiger partial charge in [0.25, 0.3) is 0 Å². The first-order chi connectivity index (χ1) is 6.20. The molecule has 13 heavy (non-hydrogen) atoms. The van der Waals surface area contributed by atoms with Crippen molar-refractivity contribution in [2.24, 2.45) is 0 Å². The molecule has 0 unspecified atom stereocenters. The molecule has 0 amide bonds. The second-order valence-corrected chi connectivity index (χ2v) is 3.28. The third-order valence-corrected chi connectivity index (χ3v) is 2.14. The van der Waals surface area contributed by atoms with Gasteiger partial charge in [-0.15, -0.1) is 0 Å². The first-order valence-corrected chi connectivity index (χ1v) is 4.52. The fourth-order valence-electron chi connectivity index (χ4n) is 1.51. The molecule has 0 bridgehead atoms. The molecule has 0 aliphatic rings. The van der Waals surface area contributed by atoms with Gasteiger partial charge < -0.3 is 4.40 Å². The van der Waals surface area contributed by atoms with Crippen LogP contribution in [0.25, 0.3) is 5.65 Å². The Bertz CT molecular complexity index is 443. The topological polar surface area (TPSA) is 30.2 Å². The lowest BCUT2D eigenvalue weighted by molar-refractivity contribution is 0.954. The zero-order chi connectivity index (χ0) is 9.42. The highest BCUT2D eigenvalue weighted by atomic mass is 15.0. The summed E-state index contributed by atoms with van der Waals surface area (Å²) in [5, 5.41) is 0. The summed E-state index contributed by atoms with van der Waals surface area (Å²) in [6.07, 6.45) is 5.04. The molecule has 0 N–H and O–H groups in total. The standard InChI is InChI=1S/C10H13N3/c1-4-9-6-13-5-7(2)11-10(13)8(3)12-9/h5-6H,4H2,1-3H3. The van der Waals surface area contributed by atoms with E-state index in [1.54, 1.807) is 0 Å². The van der Waals surface area contributed by atoms with Gasteiger partial charge in [0.2, 0.25) is 0 Å². The quantitative estimate of drug-likeness (QED) is 0.662. The van der Waals surface area contributed by atoms with Crippen molar-refractivity contribution >= 4 is 5.65 Å². The van der Waals surface area contributed by atoms with E-state index in [1.807, 2.05) is 26.2 Å². The number of aromatic nitrogens is 3. The lowest BCUT2D eigenvalue weighted by Crippen LogP contribution is -1.96. The van der Waals surface area contributed by atoms with Gasteiger partial charge in [-0.2, -0.15) is 0 Å². The van der Waals surface area contributed by atoms with Gasteiger partial charge in [0.15, 0.2) is 5.65 Å². The van der Waals surface area contributed by atoms with Crippen LogP contribution in [0.15, 0.2) is 12.4 Å². The van der Waals surface area contributed by atoms with Crippen LogP contribution in [0.3, 0.4) is 0 Å². The minimum absolute atomic E-state index is 0.966. The molecule has 0 aliphatic carbocycles. The molecule has 2 aromatic heterocycles. The normalized spacial score (nSPS) is 11.0. The summed E-state index contributed by atoms with van der Waals surface area (Å²) in [4.78, 5) is 8.84. The Morgan fingerprint density at radius 3 is 2.69 bits per heavy atom. The Hall–Kier alpha value is -1.38. The van der Waals surface area contributed by atoms with E-state index in [-0.39, 0.29) is 0 Å². The van der Waals surface area contributed by atoms with E-state index in [4.69, 9.17) is 0 Å². The molecule has 0 aromatic carbocycles. The lowest BCUT2D eigenvalue weighted by atomic mass is 10.3. The number of rotatable bonds is 1. The van der Waals surface area contributed by atoms with Gasteiger partial charge in [-0.25, -0.2) is 4.98 Å². The Labute approximate surface area is 77.4 Å². The number of fused-ring (bicyclic) bond motifs is 1. The fraction of sp³-hybridized carbons (Fsp3) is 0.400. The van der Waals surface area contributed by atoms with Gasteiger partial charge in [-0.1, -0.05) is 6.92 Å². The van der Waals surface area contributed by atoms with Crippen LogP contribution >= 0.6 is 0 Å². The maximum atomic E-state index is 4.45. The average Bonchev–Trinajstić information content (AvgIpc) is 2.46. The zero-order valence-electron chi connectivity index (χ0n) is 8.20. The van der Waals surface area contributed by atoms with Crippen LogP contribution < -0.4 is 0 Å². The zero-order valence-corrected chi connectivity index (χ0v) is 8.20. The van der Waals surface area contributed by atoms with E-state index >= 15 is 0 Å². The molecule has 3 nitrogen and oxygen atoms in total. The van der Waals surface area contributed by atoms with Gasteiger partial charge in [0.1, 0.15) is 0 Å². The van der Waals surface area contributed by atoms with E-state index in [0.29, 0.717) is 0 Å². The fourth-order valence-corrected chi connectivity index (χ4v) is 1.51. The predicted octanol–water partition coefficient (Wildman–Crippen LogP) is 1.91.